The van der Waals surface area contributed by atoms with Gasteiger partial charge >= 0.3 is 0 Å². The van der Waals surface area contributed by atoms with E-state index in [-0.39, 0.29) is 11.8 Å². The Kier molecular flexibility index (Phi) is 6.08. The average molecular weight is 424 g/mol. The molecule has 4 rings (SSSR count). The highest BCUT2D eigenvalue weighted by Gasteiger charge is 2.43. The number of nitrogens with zero attached hydrogens (tertiary/aromatic N) is 2. The lowest BCUT2D eigenvalue weighted by atomic mass is 9.82. The van der Waals surface area contributed by atoms with Crippen LogP contribution in [0, 0.1) is 12.8 Å². The fourth-order valence-corrected chi connectivity index (χ4v) is 4.78. The van der Waals surface area contributed by atoms with Crippen LogP contribution >= 0.6 is 11.8 Å². The van der Waals surface area contributed by atoms with Gasteiger partial charge in [0.15, 0.2) is 5.17 Å². The number of hydrogen-bond acceptors (Lipinski definition) is 5. The number of carbonyl (C=O) groups is 2. The van der Waals surface area contributed by atoms with Crippen molar-refractivity contribution < 1.29 is 14.3 Å². The summed E-state index contributed by atoms with van der Waals surface area (Å²) in [7, 11) is 1.61. The van der Waals surface area contributed by atoms with Gasteiger partial charge in [0, 0.05) is 23.4 Å². The highest BCUT2D eigenvalue weighted by molar-refractivity contribution is 8.14. The van der Waals surface area contributed by atoms with Crippen molar-refractivity contribution in [1.82, 2.24) is 5.32 Å². The number of para-hydroxylation sites is 1. The van der Waals surface area contributed by atoms with Crippen LogP contribution in [0.5, 0.6) is 5.75 Å². The molecule has 2 atom stereocenters. The molecule has 7 heteroatoms. The molecule has 1 fully saturated rings. The Morgan fingerprint density at radius 1 is 1.20 bits per heavy atom. The zero-order valence-corrected chi connectivity index (χ0v) is 17.9. The maximum atomic E-state index is 13.3. The van der Waals surface area contributed by atoms with Crippen LogP contribution in [0.3, 0.4) is 0 Å². The van der Waals surface area contributed by atoms with E-state index in [1.807, 2.05) is 55.5 Å². The van der Waals surface area contributed by atoms with Gasteiger partial charge in [-0.2, -0.15) is 0 Å². The minimum Gasteiger partial charge on any atom is -0.496 e. The predicted molar refractivity (Wildman–Crippen MR) is 120 cm³/mol. The lowest BCUT2D eigenvalue weighted by molar-refractivity contribution is -0.128. The summed E-state index contributed by atoms with van der Waals surface area (Å²) in [5, 5.41) is 3.64. The molecule has 1 N–H and O–H groups in total. The van der Waals surface area contributed by atoms with Crippen LogP contribution in [0.25, 0.3) is 0 Å². The first kappa shape index (κ1) is 20.5. The van der Waals surface area contributed by atoms with Crippen molar-refractivity contribution in [2.24, 2.45) is 10.9 Å². The molecule has 0 spiro atoms. The zero-order chi connectivity index (χ0) is 21.1. The molecular weight excluding hydrogens is 398 g/mol. The van der Waals surface area contributed by atoms with Gasteiger partial charge in [0.25, 0.3) is 0 Å². The molecular formula is C23H25N3O3S. The molecule has 2 aliphatic rings. The first-order valence-electron chi connectivity index (χ1n) is 10.1. The largest absolute Gasteiger partial charge is 0.496 e. The van der Waals surface area contributed by atoms with Crippen molar-refractivity contribution in [2.45, 2.75) is 25.8 Å². The van der Waals surface area contributed by atoms with E-state index in [4.69, 9.17) is 4.74 Å². The van der Waals surface area contributed by atoms with Crippen LogP contribution in [0.15, 0.2) is 53.5 Å². The number of aryl methyl sites for hydroxylation is 1. The minimum absolute atomic E-state index is 0.00592. The maximum Gasteiger partial charge on any atom is 0.231 e. The molecule has 2 aliphatic heterocycles. The number of amidine groups is 1. The first-order chi connectivity index (χ1) is 14.6. The molecule has 2 aromatic carbocycles. The minimum atomic E-state index is -0.461. The highest BCUT2D eigenvalue weighted by Crippen LogP contribution is 2.43. The summed E-state index contributed by atoms with van der Waals surface area (Å²) in [6.07, 6.45) is 0.797. The maximum absolute atomic E-state index is 13.3. The number of carbonyl (C=O) groups excluding carboxylic acids is 2. The Morgan fingerprint density at radius 3 is 2.67 bits per heavy atom. The first-order valence-corrected chi connectivity index (χ1v) is 11.1. The van der Waals surface area contributed by atoms with E-state index in [0.29, 0.717) is 23.8 Å². The quantitative estimate of drug-likeness (QED) is 0.814. The summed E-state index contributed by atoms with van der Waals surface area (Å²) in [6.45, 7) is 2.73. The Labute approximate surface area is 180 Å². The van der Waals surface area contributed by atoms with Gasteiger partial charge in [-0.05, 0) is 31.5 Å². The van der Waals surface area contributed by atoms with E-state index in [9.17, 15) is 9.59 Å². The van der Waals surface area contributed by atoms with Crippen LogP contribution in [-0.4, -0.2) is 36.4 Å². The van der Waals surface area contributed by atoms with E-state index in [2.05, 4.69) is 10.3 Å². The number of benzene rings is 2. The predicted octanol–water partition coefficient (Wildman–Crippen LogP) is 3.71. The van der Waals surface area contributed by atoms with E-state index in [1.165, 1.54) is 0 Å². The van der Waals surface area contributed by atoms with Gasteiger partial charge in [-0.25, -0.2) is 0 Å². The number of piperidine rings is 1. The number of nitrogens with one attached hydrogen (secondary N) is 1. The van der Waals surface area contributed by atoms with Gasteiger partial charge in [0.05, 0.1) is 25.6 Å². The average Bonchev–Trinajstić information content (AvgIpc) is 3.27. The molecule has 0 saturated carbocycles. The molecule has 0 bridgehead atoms. The van der Waals surface area contributed by atoms with E-state index in [1.54, 1.807) is 23.8 Å². The number of rotatable bonds is 4. The Morgan fingerprint density at radius 2 is 1.97 bits per heavy atom. The fraction of sp³-hybridized carbons (Fsp3) is 0.348. The summed E-state index contributed by atoms with van der Waals surface area (Å²) in [4.78, 5) is 32.5. The molecule has 0 radical (unpaired) electrons. The Bertz CT molecular complexity index is 974. The molecule has 156 valence electrons. The van der Waals surface area contributed by atoms with Crippen molar-refractivity contribution in [3.05, 3.63) is 59.7 Å². The van der Waals surface area contributed by atoms with Crippen molar-refractivity contribution in [1.29, 1.82) is 0 Å². The fourth-order valence-electron chi connectivity index (χ4n) is 4.05. The monoisotopic (exact) mass is 423 g/mol. The Hall–Kier alpha value is -2.80. The van der Waals surface area contributed by atoms with Gasteiger partial charge < -0.3 is 15.0 Å². The van der Waals surface area contributed by atoms with Crippen LogP contribution in [0.4, 0.5) is 5.69 Å². The number of anilines is 1. The molecule has 2 heterocycles. The molecule has 2 aromatic rings. The second-order valence-corrected chi connectivity index (χ2v) is 8.54. The summed E-state index contributed by atoms with van der Waals surface area (Å²) in [5.74, 6) is 1.03. The van der Waals surface area contributed by atoms with Gasteiger partial charge in [-0.3, -0.25) is 14.6 Å². The molecule has 30 heavy (non-hydrogen) atoms. The Balaban J connectivity index is 1.77. The van der Waals surface area contributed by atoms with E-state index < -0.39 is 12.0 Å². The standard InChI is InChI=1S/C23H25N3O3S/c1-15-7-9-16(10-8-15)26-20(27)12-11-18(22(28)25-23-24-13-14-30-23)21(26)17-5-3-4-6-19(17)29-2/h3-10,18,21H,11-14H2,1-2H3,(H,24,25,28)/t18-,21+/m0/s1. The lowest BCUT2D eigenvalue weighted by Crippen LogP contribution is -2.49. The molecule has 0 aliphatic carbocycles. The van der Waals surface area contributed by atoms with Crippen LogP contribution in [-0.2, 0) is 9.59 Å². The molecule has 0 unspecified atom stereocenters. The number of methoxy groups -OCH3 is 1. The number of hydrogen-bond donors (Lipinski definition) is 1. The normalized spacial score (nSPS) is 21.3. The van der Waals surface area contributed by atoms with Gasteiger partial charge in [0.2, 0.25) is 11.8 Å². The smallest absolute Gasteiger partial charge is 0.231 e. The molecule has 1 saturated heterocycles. The van der Waals surface area contributed by atoms with Gasteiger partial charge in [0.1, 0.15) is 5.75 Å². The van der Waals surface area contributed by atoms with Crippen LogP contribution in [0.1, 0.15) is 30.0 Å². The van der Waals surface area contributed by atoms with Crippen molar-refractivity contribution in [3.63, 3.8) is 0 Å². The van der Waals surface area contributed by atoms with Gasteiger partial charge in [-0.15, -0.1) is 0 Å². The van der Waals surface area contributed by atoms with Crippen LogP contribution < -0.4 is 15.0 Å². The highest BCUT2D eigenvalue weighted by atomic mass is 32.2. The number of amides is 2. The third-order valence-electron chi connectivity index (χ3n) is 5.52. The lowest BCUT2D eigenvalue weighted by Gasteiger charge is -2.41. The third kappa shape index (κ3) is 4.07. The summed E-state index contributed by atoms with van der Waals surface area (Å²) < 4.78 is 5.60. The zero-order valence-electron chi connectivity index (χ0n) is 17.1. The summed E-state index contributed by atoms with van der Waals surface area (Å²) >= 11 is 1.55. The topological polar surface area (TPSA) is 71.0 Å². The molecule has 6 nitrogen and oxygen atoms in total. The van der Waals surface area contributed by atoms with E-state index >= 15 is 0 Å². The SMILES string of the molecule is COc1ccccc1[C@@H]1[C@@H](C(=O)NC2=NCCS2)CCC(=O)N1c1ccc(C)cc1. The molecule has 2 amide bonds. The number of aliphatic imine (C=N–C) groups is 1. The number of thioether (sulfide) groups is 1. The summed E-state index contributed by atoms with van der Waals surface area (Å²) in [5.41, 5.74) is 2.73. The second-order valence-electron chi connectivity index (χ2n) is 7.46. The van der Waals surface area contributed by atoms with Crippen molar-refractivity contribution in [2.75, 3.05) is 24.3 Å². The second kappa shape index (κ2) is 8.92. The van der Waals surface area contributed by atoms with E-state index in [0.717, 1.165) is 29.1 Å². The summed E-state index contributed by atoms with van der Waals surface area (Å²) in [6, 6.07) is 15.0. The number of ether oxygens (including phenoxy) is 1. The van der Waals surface area contributed by atoms with Crippen LogP contribution in [0.2, 0.25) is 0 Å². The molecule has 0 aromatic heterocycles. The van der Waals surface area contributed by atoms with Crippen molar-refractivity contribution >= 4 is 34.4 Å². The van der Waals surface area contributed by atoms with Gasteiger partial charge in [-0.1, -0.05) is 47.7 Å². The van der Waals surface area contributed by atoms with Crippen molar-refractivity contribution in [3.8, 4) is 5.75 Å². The third-order valence-corrected chi connectivity index (χ3v) is 6.41.